The third-order valence-electron chi connectivity index (χ3n) is 3.41. The van der Waals surface area contributed by atoms with E-state index in [4.69, 9.17) is 4.74 Å². The van der Waals surface area contributed by atoms with Crippen LogP contribution in [-0.4, -0.2) is 12.0 Å². The highest BCUT2D eigenvalue weighted by Crippen LogP contribution is 2.29. The van der Waals surface area contributed by atoms with Crippen LogP contribution >= 0.6 is 0 Å². The highest BCUT2D eigenvalue weighted by Gasteiger charge is 2.18. The Hall–Kier alpha value is -2.56. The third-order valence-corrected chi connectivity index (χ3v) is 3.41. The van der Waals surface area contributed by atoms with Gasteiger partial charge in [0.05, 0.1) is 23.6 Å². The second-order valence-electron chi connectivity index (χ2n) is 4.86. The molecule has 1 unspecified atom stereocenters. The van der Waals surface area contributed by atoms with Gasteiger partial charge < -0.3 is 10.1 Å². The summed E-state index contributed by atoms with van der Waals surface area (Å²) in [5.41, 5.74) is 2.75. The molecule has 0 saturated heterocycles. The molecular weight excluding hydrogens is 268 g/mol. The first-order chi connectivity index (χ1) is 10.0. The highest BCUT2D eigenvalue weighted by molar-refractivity contribution is 5.56. The number of para-hydroxylation sites is 1. The van der Waals surface area contributed by atoms with Crippen LogP contribution in [0.25, 0.3) is 0 Å². The number of ether oxygens (including phenoxy) is 1. The predicted molar refractivity (Wildman–Crippen MR) is 82.9 cm³/mol. The largest absolute Gasteiger partial charge is 0.497 e. The van der Waals surface area contributed by atoms with Crippen molar-refractivity contribution in [2.75, 3.05) is 12.4 Å². The second kappa shape index (κ2) is 6.26. The lowest BCUT2D eigenvalue weighted by Crippen LogP contribution is -2.10. The molecule has 1 atom stereocenters. The number of aryl methyl sites for hydroxylation is 1. The Morgan fingerprint density at radius 1 is 1.24 bits per heavy atom. The maximum Gasteiger partial charge on any atom is 0.274 e. The molecule has 0 spiro atoms. The molecule has 2 rings (SSSR count). The van der Waals surface area contributed by atoms with Crippen molar-refractivity contribution in [2.45, 2.75) is 19.9 Å². The molecule has 0 aliphatic heterocycles. The molecule has 5 heteroatoms. The molecule has 5 nitrogen and oxygen atoms in total. The van der Waals surface area contributed by atoms with Gasteiger partial charge in [0.1, 0.15) is 5.75 Å². The fraction of sp³-hybridized carbons (Fsp3) is 0.250. The lowest BCUT2D eigenvalue weighted by molar-refractivity contribution is -0.385. The van der Waals surface area contributed by atoms with Crippen LogP contribution in [-0.2, 0) is 0 Å². The van der Waals surface area contributed by atoms with Crippen molar-refractivity contribution in [2.24, 2.45) is 0 Å². The van der Waals surface area contributed by atoms with Crippen molar-refractivity contribution in [3.05, 3.63) is 63.7 Å². The summed E-state index contributed by atoms with van der Waals surface area (Å²) in [6, 6.07) is 12.3. The van der Waals surface area contributed by atoms with Crippen molar-refractivity contribution in [3.8, 4) is 5.75 Å². The van der Waals surface area contributed by atoms with Gasteiger partial charge in [-0.05, 0) is 37.6 Å². The van der Waals surface area contributed by atoms with Gasteiger partial charge in [-0.3, -0.25) is 10.1 Å². The van der Waals surface area contributed by atoms with Crippen LogP contribution in [0.1, 0.15) is 24.1 Å². The van der Waals surface area contributed by atoms with Crippen molar-refractivity contribution < 1.29 is 9.66 Å². The summed E-state index contributed by atoms with van der Waals surface area (Å²) < 4.78 is 5.17. The Labute approximate surface area is 123 Å². The molecule has 0 saturated carbocycles. The molecule has 2 aromatic rings. The van der Waals surface area contributed by atoms with Crippen LogP contribution in [0.5, 0.6) is 5.75 Å². The van der Waals surface area contributed by atoms with E-state index >= 15 is 0 Å². The van der Waals surface area contributed by atoms with Crippen molar-refractivity contribution in [1.82, 2.24) is 0 Å². The molecule has 2 aromatic carbocycles. The number of rotatable bonds is 5. The smallest absolute Gasteiger partial charge is 0.274 e. The van der Waals surface area contributed by atoms with E-state index < -0.39 is 0 Å². The summed E-state index contributed by atoms with van der Waals surface area (Å²) in [6.07, 6.45) is 0. The fourth-order valence-electron chi connectivity index (χ4n) is 2.26. The van der Waals surface area contributed by atoms with Gasteiger partial charge in [-0.15, -0.1) is 0 Å². The number of hydrogen-bond acceptors (Lipinski definition) is 4. The summed E-state index contributed by atoms with van der Waals surface area (Å²) in [5, 5.41) is 14.4. The summed E-state index contributed by atoms with van der Waals surface area (Å²) >= 11 is 0. The van der Waals surface area contributed by atoms with Crippen molar-refractivity contribution in [1.29, 1.82) is 0 Å². The Morgan fingerprint density at radius 3 is 2.57 bits per heavy atom. The van der Waals surface area contributed by atoms with Gasteiger partial charge >= 0.3 is 0 Å². The number of nitro benzene ring substituents is 1. The Kier molecular flexibility index (Phi) is 4.42. The van der Waals surface area contributed by atoms with E-state index in [0.29, 0.717) is 5.56 Å². The number of nitrogens with zero attached hydrogens (tertiary/aromatic N) is 1. The molecule has 0 bridgehead atoms. The van der Waals surface area contributed by atoms with Gasteiger partial charge in [0.15, 0.2) is 0 Å². The van der Waals surface area contributed by atoms with Crippen LogP contribution in [0.2, 0.25) is 0 Å². The summed E-state index contributed by atoms with van der Waals surface area (Å²) in [7, 11) is 1.62. The van der Waals surface area contributed by atoms with E-state index in [1.165, 1.54) is 6.07 Å². The maximum absolute atomic E-state index is 11.1. The minimum Gasteiger partial charge on any atom is -0.497 e. The topological polar surface area (TPSA) is 64.4 Å². The van der Waals surface area contributed by atoms with Gasteiger partial charge in [-0.2, -0.15) is 0 Å². The van der Waals surface area contributed by atoms with Crippen LogP contribution in [0.15, 0.2) is 42.5 Å². The number of methoxy groups -OCH3 is 1. The zero-order chi connectivity index (χ0) is 15.4. The molecule has 110 valence electrons. The monoisotopic (exact) mass is 286 g/mol. The quantitative estimate of drug-likeness (QED) is 0.664. The minimum absolute atomic E-state index is 0.128. The van der Waals surface area contributed by atoms with Crippen LogP contribution in [0, 0.1) is 17.0 Å². The van der Waals surface area contributed by atoms with Crippen LogP contribution < -0.4 is 10.1 Å². The Morgan fingerprint density at radius 2 is 1.95 bits per heavy atom. The standard InChI is InChI=1S/C16H18N2O3/c1-11-10-13(21-3)8-9-15(11)17-12(2)14-6-4-5-7-16(14)18(19)20/h4-10,12,17H,1-3H3. The van der Waals surface area contributed by atoms with Crippen LogP contribution in [0.4, 0.5) is 11.4 Å². The number of benzene rings is 2. The average molecular weight is 286 g/mol. The average Bonchev–Trinajstić information content (AvgIpc) is 2.49. The lowest BCUT2D eigenvalue weighted by atomic mass is 10.1. The number of nitro groups is 1. The molecule has 21 heavy (non-hydrogen) atoms. The van der Waals surface area contributed by atoms with Crippen molar-refractivity contribution >= 4 is 11.4 Å². The van der Waals surface area contributed by atoms with E-state index in [9.17, 15) is 10.1 Å². The van der Waals surface area contributed by atoms with Gasteiger partial charge in [0, 0.05) is 11.8 Å². The first-order valence-electron chi connectivity index (χ1n) is 6.67. The Balaban J connectivity index is 2.26. The summed E-state index contributed by atoms with van der Waals surface area (Å²) in [4.78, 5) is 10.7. The van der Waals surface area contributed by atoms with E-state index in [0.717, 1.165) is 17.0 Å². The predicted octanol–water partition coefficient (Wildman–Crippen LogP) is 4.08. The number of hydrogen-bond donors (Lipinski definition) is 1. The van der Waals surface area contributed by atoms with E-state index in [2.05, 4.69) is 5.32 Å². The first-order valence-corrected chi connectivity index (χ1v) is 6.67. The molecular formula is C16H18N2O3. The normalized spacial score (nSPS) is 11.8. The van der Waals surface area contributed by atoms with Gasteiger partial charge in [-0.25, -0.2) is 0 Å². The minimum atomic E-state index is -0.353. The van der Waals surface area contributed by atoms with Gasteiger partial charge in [0.2, 0.25) is 0 Å². The summed E-state index contributed by atoms with van der Waals surface area (Å²) in [6.45, 7) is 3.88. The number of nitrogens with one attached hydrogen (secondary N) is 1. The van der Waals surface area contributed by atoms with Gasteiger partial charge in [0.25, 0.3) is 5.69 Å². The zero-order valence-corrected chi connectivity index (χ0v) is 12.3. The highest BCUT2D eigenvalue weighted by atomic mass is 16.6. The second-order valence-corrected chi connectivity index (χ2v) is 4.86. The van der Waals surface area contributed by atoms with E-state index in [1.807, 2.05) is 32.0 Å². The molecule has 0 aromatic heterocycles. The first kappa shape index (κ1) is 14.8. The summed E-state index contributed by atoms with van der Waals surface area (Å²) in [5.74, 6) is 0.788. The number of anilines is 1. The molecule has 0 fully saturated rings. The fourth-order valence-corrected chi connectivity index (χ4v) is 2.26. The van der Waals surface area contributed by atoms with Gasteiger partial charge in [-0.1, -0.05) is 18.2 Å². The Bertz CT molecular complexity index is 656. The molecule has 0 heterocycles. The third kappa shape index (κ3) is 3.31. The molecule has 0 aliphatic rings. The maximum atomic E-state index is 11.1. The lowest BCUT2D eigenvalue weighted by Gasteiger charge is -2.18. The van der Waals surface area contributed by atoms with E-state index in [1.54, 1.807) is 25.3 Å². The molecule has 0 amide bonds. The SMILES string of the molecule is COc1ccc(NC(C)c2ccccc2[N+](=O)[O-])c(C)c1. The molecule has 0 radical (unpaired) electrons. The zero-order valence-electron chi connectivity index (χ0n) is 12.3. The molecule has 1 N–H and O–H groups in total. The molecule has 0 aliphatic carbocycles. The van der Waals surface area contributed by atoms with Crippen LogP contribution in [0.3, 0.4) is 0 Å². The van der Waals surface area contributed by atoms with Crippen molar-refractivity contribution in [3.63, 3.8) is 0 Å². The van der Waals surface area contributed by atoms with E-state index in [-0.39, 0.29) is 16.7 Å².